The van der Waals surface area contributed by atoms with E-state index >= 15 is 0 Å². The number of methoxy groups -OCH3 is 1. The number of esters is 1. The molecule has 0 bridgehead atoms. The van der Waals surface area contributed by atoms with Crippen LogP contribution in [-0.2, 0) is 16.1 Å². The second-order valence-electron chi connectivity index (χ2n) is 7.32. The van der Waals surface area contributed by atoms with Crippen LogP contribution in [0.25, 0.3) is 10.9 Å². The summed E-state index contributed by atoms with van der Waals surface area (Å²) in [6.07, 6.45) is 1.97. The monoisotopic (exact) mass is 482 g/mol. The van der Waals surface area contributed by atoms with Crippen LogP contribution in [0.15, 0.2) is 72.9 Å². The molecule has 0 aliphatic heterocycles. The number of carbonyl (C=O) groups is 2. The minimum absolute atomic E-state index is 0.174. The largest absolute Gasteiger partial charge is 0.484 e. The molecule has 1 N–H and O–H groups in total. The summed E-state index contributed by atoms with van der Waals surface area (Å²) in [6, 6.07) is 19.8. The first-order valence-corrected chi connectivity index (χ1v) is 10.8. The van der Waals surface area contributed by atoms with Gasteiger partial charge in [0.05, 0.1) is 28.9 Å². The van der Waals surface area contributed by atoms with Crippen LogP contribution in [-0.4, -0.2) is 30.2 Å². The van der Waals surface area contributed by atoms with Gasteiger partial charge in [0.1, 0.15) is 5.75 Å². The lowest BCUT2D eigenvalue weighted by atomic mass is 10.1. The van der Waals surface area contributed by atoms with Crippen LogP contribution >= 0.6 is 23.2 Å². The fourth-order valence-corrected chi connectivity index (χ4v) is 3.88. The Labute approximate surface area is 200 Å². The highest BCUT2D eigenvalue weighted by Crippen LogP contribution is 2.26. The van der Waals surface area contributed by atoms with Gasteiger partial charge in [-0.2, -0.15) is 0 Å². The predicted molar refractivity (Wildman–Crippen MR) is 129 cm³/mol. The van der Waals surface area contributed by atoms with E-state index in [-0.39, 0.29) is 18.5 Å². The Balaban J connectivity index is 1.45. The molecule has 1 aromatic heterocycles. The van der Waals surface area contributed by atoms with E-state index in [0.29, 0.717) is 33.6 Å². The number of fused-ring (bicyclic) bond motifs is 1. The summed E-state index contributed by atoms with van der Waals surface area (Å²) >= 11 is 12.0. The van der Waals surface area contributed by atoms with Gasteiger partial charge in [-0.15, -0.1) is 0 Å². The second kappa shape index (κ2) is 9.98. The molecule has 1 amide bonds. The minimum Gasteiger partial charge on any atom is -0.484 e. The maximum atomic E-state index is 12.3. The Kier molecular flexibility index (Phi) is 6.87. The summed E-state index contributed by atoms with van der Waals surface area (Å²) < 4.78 is 12.5. The first-order valence-electron chi connectivity index (χ1n) is 10.1. The summed E-state index contributed by atoms with van der Waals surface area (Å²) in [4.78, 5) is 24.1. The number of nitrogens with zero attached hydrogens (tertiary/aromatic N) is 1. The molecule has 6 nitrogen and oxygen atoms in total. The van der Waals surface area contributed by atoms with E-state index in [1.165, 1.54) is 7.11 Å². The standard InChI is InChI=1S/C25H20Cl2N2O4/c1-32-25(31)18-4-2-3-16(11-18)14-29-10-9-17-5-7-20(13-23(17)29)33-15-24(30)28-22-8-6-19(26)12-21(22)27/h2-13H,14-15H2,1H3,(H,28,30). The lowest BCUT2D eigenvalue weighted by Crippen LogP contribution is -2.20. The van der Waals surface area contributed by atoms with E-state index in [1.807, 2.05) is 53.2 Å². The molecular weight excluding hydrogens is 463 g/mol. The Hall–Kier alpha value is -3.48. The quantitative estimate of drug-likeness (QED) is 0.338. The average Bonchev–Trinajstić information content (AvgIpc) is 3.21. The molecule has 0 spiro atoms. The van der Waals surface area contributed by atoms with E-state index in [0.717, 1.165) is 16.5 Å². The zero-order valence-electron chi connectivity index (χ0n) is 17.7. The number of benzene rings is 3. The van der Waals surface area contributed by atoms with Gasteiger partial charge in [0.2, 0.25) is 0 Å². The third-order valence-electron chi connectivity index (χ3n) is 5.02. The zero-order chi connectivity index (χ0) is 23.4. The molecule has 3 aromatic carbocycles. The lowest BCUT2D eigenvalue weighted by molar-refractivity contribution is -0.118. The zero-order valence-corrected chi connectivity index (χ0v) is 19.2. The van der Waals surface area contributed by atoms with Crippen molar-refractivity contribution in [3.63, 3.8) is 0 Å². The fraction of sp³-hybridized carbons (Fsp3) is 0.120. The van der Waals surface area contributed by atoms with Crippen molar-refractivity contribution in [3.05, 3.63) is 94.1 Å². The molecule has 0 aliphatic carbocycles. The van der Waals surface area contributed by atoms with Gasteiger partial charge in [-0.3, -0.25) is 4.79 Å². The van der Waals surface area contributed by atoms with Crippen LogP contribution in [0.4, 0.5) is 5.69 Å². The van der Waals surface area contributed by atoms with Crippen molar-refractivity contribution in [3.8, 4) is 5.75 Å². The highest BCUT2D eigenvalue weighted by Gasteiger charge is 2.10. The normalized spacial score (nSPS) is 10.8. The predicted octanol–water partition coefficient (Wildman–Crippen LogP) is 5.80. The van der Waals surface area contributed by atoms with Crippen molar-refractivity contribution in [2.75, 3.05) is 19.0 Å². The number of anilines is 1. The van der Waals surface area contributed by atoms with Crippen molar-refractivity contribution in [1.82, 2.24) is 4.57 Å². The van der Waals surface area contributed by atoms with Gasteiger partial charge in [-0.05, 0) is 59.5 Å². The molecule has 0 aliphatic rings. The van der Waals surface area contributed by atoms with Crippen LogP contribution in [0, 0.1) is 0 Å². The van der Waals surface area contributed by atoms with Crippen LogP contribution in [0.5, 0.6) is 5.75 Å². The smallest absolute Gasteiger partial charge is 0.337 e. The number of carbonyl (C=O) groups excluding carboxylic acids is 2. The molecule has 0 radical (unpaired) electrons. The van der Waals surface area contributed by atoms with Crippen LogP contribution in [0.3, 0.4) is 0 Å². The number of ether oxygens (including phenoxy) is 2. The summed E-state index contributed by atoms with van der Waals surface area (Å²) in [5, 5.41) is 4.58. The number of nitrogens with one attached hydrogen (secondary N) is 1. The molecule has 33 heavy (non-hydrogen) atoms. The molecule has 0 saturated heterocycles. The van der Waals surface area contributed by atoms with E-state index in [1.54, 1.807) is 24.3 Å². The van der Waals surface area contributed by atoms with Crippen LogP contribution in [0.1, 0.15) is 15.9 Å². The van der Waals surface area contributed by atoms with E-state index in [9.17, 15) is 9.59 Å². The number of rotatable bonds is 7. The molecule has 0 unspecified atom stereocenters. The fourth-order valence-electron chi connectivity index (χ4n) is 3.43. The van der Waals surface area contributed by atoms with Gasteiger partial charge in [-0.1, -0.05) is 35.3 Å². The molecule has 168 valence electrons. The third-order valence-corrected chi connectivity index (χ3v) is 5.57. The minimum atomic E-state index is -0.372. The van der Waals surface area contributed by atoms with Gasteiger partial charge in [0.25, 0.3) is 5.91 Å². The topological polar surface area (TPSA) is 69.6 Å². The summed E-state index contributed by atoms with van der Waals surface area (Å²) in [5.74, 6) is -0.152. The Morgan fingerprint density at radius 3 is 2.64 bits per heavy atom. The van der Waals surface area contributed by atoms with Crippen molar-refractivity contribution >= 4 is 51.7 Å². The highest BCUT2D eigenvalue weighted by atomic mass is 35.5. The van der Waals surface area contributed by atoms with Gasteiger partial charge in [0, 0.05) is 23.8 Å². The summed E-state index contributed by atoms with van der Waals surface area (Å²) in [5.41, 5.74) is 2.87. The second-order valence-corrected chi connectivity index (χ2v) is 8.16. The molecule has 4 rings (SSSR count). The van der Waals surface area contributed by atoms with Crippen molar-refractivity contribution in [2.45, 2.75) is 6.54 Å². The number of halogens is 2. The highest BCUT2D eigenvalue weighted by molar-refractivity contribution is 6.36. The van der Waals surface area contributed by atoms with E-state index < -0.39 is 0 Å². The molecule has 0 fully saturated rings. The molecular formula is C25H20Cl2N2O4. The first-order chi connectivity index (χ1) is 15.9. The van der Waals surface area contributed by atoms with Gasteiger partial charge < -0.3 is 19.4 Å². The lowest BCUT2D eigenvalue weighted by Gasteiger charge is -2.11. The first kappa shape index (κ1) is 22.7. The van der Waals surface area contributed by atoms with Crippen molar-refractivity contribution in [1.29, 1.82) is 0 Å². The van der Waals surface area contributed by atoms with Crippen molar-refractivity contribution in [2.24, 2.45) is 0 Å². The van der Waals surface area contributed by atoms with Gasteiger partial charge in [-0.25, -0.2) is 4.79 Å². The van der Waals surface area contributed by atoms with Gasteiger partial charge in [0.15, 0.2) is 6.61 Å². The van der Waals surface area contributed by atoms with Crippen molar-refractivity contribution < 1.29 is 19.1 Å². The number of hydrogen-bond acceptors (Lipinski definition) is 4. The van der Waals surface area contributed by atoms with Gasteiger partial charge >= 0.3 is 5.97 Å². The number of amides is 1. The third kappa shape index (κ3) is 5.48. The molecule has 1 heterocycles. The Bertz CT molecular complexity index is 1330. The Morgan fingerprint density at radius 1 is 1.00 bits per heavy atom. The molecule has 0 atom stereocenters. The number of hydrogen-bond donors (Lipinski definition) is 1. The van der Waals surface area contributed by atoms with E-state index in [4.69, 9.17) is 32.7 Å². The van der Waals surface area contributed by atoms with Crippen LogP contribution in [0.2, 0.25) is 10.0 Å². The SMILES string of the molecule is COC(=O)c1cccc(Cn2ccc3ccc(OCC(=O)Nc4ccc(Cl)cc4Cl)cc32)c1. The number of aromatic nitrogens is 1. The molecule has 8 heteroatoms. The van der Waals surface area contributed by atoms with Crippen LogP contribution < -0.4 is 10.1 Å². The maximum absolute atomic E-state index is 12.3. The summed E-state index contributed by atoms with van der Waals surface area (Å²) in [6.45, 7) is 0.389. The maximum Gasteiger partial charge on any atom is 0.337 e. The molecule has 0 saturated carbocycles. The van der Waals surface area contributed by atoms with E-state index in [2.05, 4.69) is 5.32 Å². The Morgan fingerprint density at radius 2 is 1.85 bits per heavy atom. The summed E-state index contributed by atoms with van der Waals surface area (Å²) in [7, 11) is 1.36. The average molecular weight is 483 g/mol. The molecule has 4 aromatic rings.